The second-order valence-corrected chi connectivity index (χ2v) is 6.95. The zero-order chi connectivity index (χ0) is 15.4. The van der Waals surface area contributed by atoms with Crippen molar-refractivity contribution in [2.24, 2.45) is 5.10 Å². The molecule has 0 spiro atoms. The van der Waals surface area contributed by atoms with Gasteiger partial charge in [0, 0.05) is 20.1 Å². The zero-order valence-electron chi connectivity index (χ0n) is 11.3. The Hall–Kier alpha value is -1.44. The van der Waals surface area contributed by atoms with Gasteiger partial charge in [0.15, 0.2) is 0 Å². The SMILES string of the molecule is Clc1cc(I)ccc1C=NNc1nc(-c2ccccc2)cs1. The van der Waals surface area contributed by atoms with Crippen molar-refractivity contribution in [1.29, 1.82) is 0 Å². The molecule has 22 heavy (non-hydrogen) atoms. The van der Waals surface area contributed by atoms with Crippen LogP contribution in [0.4, 0.5) is 5.13 Å². The van der Waals surface area contributed by atoms with Gasteiger partial charge in [-0.05, 0) is 34.7 Å². The maximum absolute atomic E-state index is 6.16. The maximum atomic E-state index is 6.16. The van der Waals surface area contributed by atoms with Gasteiger partial charge >= 0.3 is 0 Å². The molecule has 6 heteroatoms. The Morgan fingerprint density at radius 1 is 1.18 bits per heavy atom. The van der Waals surface area contributed by atoms with Crippen molar-refractivity contribution in [3.63, 3.8) is 0 Å². The Labute approximate surface area is 151 Å². The lowest BCUT2D eigenvalue weighted by Crippen LogP contribution is -1.91. The highest BCUT2D eigenvalue weighted by molar-refractivity contribution is 14.1. The summed E-state index contributed by atoms with van der Waals surface area (Å²) in [6.45, 7) is 0. The first kappa shape index (κ1) is 15.5. The summed E-state index contributed by atoms with van der Waals surface area (Å²) in [5.74, 6) is 0. The first-order valence-corrected chi connectivity index (χ1v) is 8.81. The highest BCUT2D eigenvalue weighted by Gasteiger charge is 2.03. The normalized spacial score (nSPS) is 11.0. The molecule has 0 aliphatic carbocycles. The summed E-state index contributed by atoms with van der Waals surface area (Å²) in [7, 11) is 0. The molecule has 0 unspecified atom stereocenters. The molecule has 2 aromatic carbocycles. The smallest absolute Gasteiger partial charge is 0.203 e. The van der Waals surface area contributed by atoms with E-state index >= 15 is 0 Å². The minimum Gasteiger partial charge on any atom is -0.253 e. The van der Waals surface area contributed by atoms with E-state index in [0.717, 1.165) is 25.5 Å². The van der Waals surface area contributed by atoms with E-state index in [4.69, 9.17) is 11.6 Å². The summed E-state index contributed by atoms with van der Waals surface area (Å²) >= 11 is 9.90. The molecule has 3 rings (SSSR count). The molecule has 110 valence electrons. The molecule has 3 nitrogen and oxygen atoms in total. The van der Waals surface area contributed by atoms with Crippen molar-refractivity contribution in [2.45, 2.75) is 0 Å². The number of benzene rings is 2. The van der Waals surface area contributed by atoms with Crippen molar-refractivity contribution >= 4 is 56.9 Å². The molecule has 0 atom stereocenters. The fourth-order valence-electron chi connectivity index (χ4n) is 1.83. The maximum Gasteiger partial charge on any atom is 0.203 e. The van der Waals surface area contributed by atoms with Gasteiger partial charge in [0.25, 0.3) is 0 Å². The molecule has 0 saturated heterocycles. The molecule has 1 aromatic heterocycles. The predicted octanol–water partition coefficient (Wildman–Crippen LogP) is 5.51. The van der Waals surface area contributed by atoms with Crippen LogP contribution in [0.15, 0.2) is 59.0 Å². The van der Waals surface area contributed by atoms with Crippen molar-refractivity contribution < 1.29 is 0 Å². The van der Waals surface area contributed by atoms with Gasteiger partial charge in [-0.2, -0.15) is 5.10 Å². The summed E-state index contributed by atoms with van der Waals surface area (Å²) in [5, 5.41) is 7.63. The average molecular weight is 440 g/mol. The van der Waals surface area contributed by atoms with Crippen LogP contribution in [-0.2, 0) is 0 Å². The van der Waals surface area contributed by atoms with E-state index in [0.29, 0.717) is 5.02 Å². The lowest BCUT2D eigenvalue weighted by atomic mass is 10.2. The Balaban J connectivity index is 1.69. The number of hydrogen-bond donors (Lipinski definition) is 1. The van der Waals surface area contributed by atoms with E-state index < -0.39 is 0 Å². The number of hydrogen-bond acceptors (Lipinski definition) is 4. The van der Waals surface area contributed by atoms with Gasteiger partial charge in [0.2, 0.25) is 5.13 Å². The minimum absolute atomic E-state index is 0.682. The van der Waals surface area contributed by atoms with Crippen molar-refractivity contribution in [3.05, 3.63) is 68.1 Å². The summed E-state index contributed by atoms with van der Waals surface area (Å²) in [6, 6.07) is 15.9. The summed E-state index contributed by atoms with van der Waals surface area (Å²) in [6.07, 6.45) is 1.70. The van der Waals surface area contributed by atoms with Crippen LogP contribution in [0.5, 0.6) is 0 Å². The van der Waals surface area contributed by atoms with Crippen LogP contribution in [0.1, 0.15) is 5.56 Å². The Kier molecular flexibility index (Phi) is 5.07. The third-order valence-corrected chi connectivity index (χ3v) is 4.65. The molecule has 0 saturated carbocycles. The van der Waals surface area contributed by atoms with Crippen LogP contribution in [0.25, 0.3) is 11.3 Å². The number of nitrogens with one attached hydrogen (secondary N) is 1. The molecule has 3 aromatic rings. The van der Waals surface area contributed by atoms with Crippen molar-refractivity contribution in [2.75, 3.05) is 5.43 Å². The Bertz CT molecular complexity index is 802. The minimum atomic E-state index is 0.682. The van der Waals surface area contributed by atoms with Crippen LogP contribution in [0.3, 0.4) is 0 Å². The zero-order valence-corrected chi connectivity index (χ0v) is 15.1. The van der Waals surface area contributed by atoms with E-state index in [1.54, 1.807) is 6.21 Å². The third-order valence-electron chi connectivity index (χ3n) is 2.90. The fraction of sp³-hybridized carbons (Fsp3) is 0. The average Bonchev–Trinajstić information content (AvgIpc) is 2.99. The fourth-order valence-corrected chi connectivity index (χ4v) is 3.40. The highest BCUT2D eigenvalue weighted by Crippen LogP contribution is 2.24. The third kappa shape index (κ3) is 3.85. The van der Waals surface area contributed by atoms with Crippen molar-refractivity contribution in [3.8, 4) is 11.3 Å². The second-order valence-electron chi connectivity index (χ2n) is 4.44. The number of aromatic nitrogens is 1. The van der Waals surface area contributed by atoms with Crippen LogP contribution < -0.4 is 5.43 Å². The number of thiazole rings is 1. The first-order valence-electron chi connectivity index (χ1n) is 6.47. The van der Waals surface area contributed by atoms with E-state index in [-0.39, 0.29) is 0 Å². The lowest BCUT2D eigenvalue weighted by molar-refractivity contribution is 1.29. The second kappa shape index (κ2) is 7.21. The molecular formula is C16H11ClIN3S. The van der Waals surface area contributed by atoms with Gasteiger partial charge in [0.1, 0.15) is 0 Å². The van der Waals surface area contributed by atoms with Gasteiger partial charge < -0.3 is 0 Å². The summed E-state index contributed by atoms with van der Waals surface area (Å²) in [4.78, 5) is 4.51. The number of nitrogens with zero attached hydrogens (tertiary/aromatic N) is 2. The molecular weight excluding hydrogens is 429 g/mol. The van der Waals surface area contributed by atoms with Gasteiger partial charge in [-0.3, -0.25) is 5.43 Å². The summed E-state index contributed by atoms with van der Waals surface area (Å²) in [5.41, 5.74) is 5.85. The van der Waals surface area contributed by atoms with Crippen LogP contribution >= 0.6 is 45.5 Å². The van der Waals surface area contributed by atoms with Crippen LogP contribution in [-0.4, -0.2) is 11.2 Å². The van der Waals surface area contributed by atoms with Crippen LogP contribution in [0.2, 0.25) is 5.02 Å². The van der Waals surface area contributed by atoms with E-state index in [1.807, 2.05) is 53.9 Å². The topological polar surface area (TPSA) is 37.3 Å². The van der Waals surface area contributed by atoms with E-state index in [2.05, 4.69) is 38.1 Å². The molecule has 0 fully saturated rings. The van der Waals surface area contributed by atoms with Crippen LogP contribution in [0, 0.1) is 3.57 Å². The Morgan fingerprint density at radius 2 is 2.00 bits per heavy atom. The van der Waals surface area contributed by atoms with Gasteiger partial charge in [-0.25, -0.2) is 4.98 Å². The molecule has 0 aliphatic heterocycles. The number of halogens is 2. The molecule has 1 N–H and O–H groups in total. The van der Waals surface area contributed by atoms with Crippen molar-refractivity contribution in [1.82, 2.24) is 4.98 Å². The molecule has 0 amide bonds. The van der Waals surface area contributed by atoms with Gasteiger partial charge in [-0.15, -0.1) is 11.3 Å². The number of rotatable bonds is 4. The predicted molar refractivity (Wildman–Crippen MR) is 103 cm³/mol. The number of anilines is 1. The van der Waals surface area contributed by atoms with E-state index in [9.17, 15) is 0 Å². The number of hydrazone groups is 1. The standard InChI is InChI=1S/C16H11ClIN3S/c17-14-8-13(18)7-6-12(14)9-19-21-16-20-15(10-22-16)11-4-2-1-3-5-11/h1-10H,(H,20,21). The lowest BCUT2D eigenvalue weighted by Gasteiger charge is -1.98. The molecule has 0 aliphatic rings. The molecule has 1 heterocycles. The quantitative estimate of drug-likeness (QED) is 0.330. The molecule has 0 bridgehead atoms. The largest absolute Gasteiger partial charge is 0.253 e. The highest BCUT2D eigenvalue weighted by atomic mass is 127. The monoisotopic (exact) mass is 439 g/mol. The van der Waals surface area contributed by atoms with Gasteiger partial charge in [0.05, 0.1) is 16.9 Å². The summed E-state index contributed by atoms with van der Waals surface area (Å²) < 4.78 is 1.10. The Morgan fingerprint density at radius 3 is 2.77 bits per heavy atom. The molecule has 0 radical (unpaired) electrons. The van der Waals surface area contributed by atoms with Gasteiger partial charge in [-0.1, -0.05) is 48.0 Å². The first-order chi connectivity index (χ1) is 10.7. The van der Waals surface area contributed by atoms with E-state index in [1.165, 1.54) is 11.3 Å².